The fraction of sp³-hybridized carbons (Fsp3) is 0. The predicted octanol–water partition coefficient (Wildman–Crippen LogP) is 5.93. The molecule has 0 radical (unpaired) electrons. The van der Waals surface area contributed by atoms with E-state index in [1.165, 1.54) is 21.5 Å². The summed E-state index contributed by atoms with van der Waals surface area (Å²) in [5, 5.41) is 60.6. The minimum atomic E-state index is -1.83. The molecule has 0 aliphatic heterocycles. The van der Waals surface area contributed by atoms with E-state index in [2.05, 4.69) is 65.0 Å². The molecule has 0 bridgehead atoms. The molecule has 0 saturated carbocycles. The van der Waals surface area contributed by atoms with Crippen LogP contribution < -0.4 is 0 Å². The number of hydrogen-bond donors (Lipinski definition) is 9. The summed E-state index contributed by atoms with van der Waals surface area (Å²) in [6, 6.07) is 16.6. The summed E-state index contributed by atoms with van der Waals surface area (Å²) in [4.78, 5) is 35.3. The van der Waals surface area contributed by atoms with E-state index in [1.807, 2.05) is 12.1 Å². The van der Waals surface area contributed by atoms with Gasteiger partial charge in [-0.3, -0.25) is 0 Å². The van der Waals surface area contributed by atoms with Crippen molar-refractivity contribution in [3.8, 4) is 0 Å². The first-order valence-corrected chi connectivity index (χ1v) is 8.91. The molecule has 0 saturated heterocycles. The van der Waals surface area contributed by atoms with Crippen molar-refractivity contribution in [2.75, 3.05) is 0 Å². The van der Waals surface area contributed by atoms with Crippen LogP contribution in [0.4, 0.5) is 19.2 Å². The van der Waals surface area contributed by atoms with E-state index in [1.54, 1.807) is 0 Å². The Morgan fingerprint density at radius 1 is 0.531 bits per heavy atom. The van der Waals surface area contributed by atoms with Gasteiger partial charge in [-0.1, -0.05) is 48.5 Å². The fourth-order valence-electron chi connectivity index (χ4n) is 2.05. The molecule has 0 heterocycles. The van der Waals surface area contributed by atoms with Gasteiger partial charge in [-0.05, 0) is 37.5 Å². The average Bonchev–Trinajstić information content (AvgIpc) is 2.64. The van der Waals surface area contributed by atoms with E-state index in [0.29, 0.717) is 0 Å². The standard InChI is InChI=1S/C14H9BrS.4CH2O3/c15-13-9-5-1-3-7-11(9)14(16)12-8-4-2-6-10(12)13;4*2-1(3)4/h1-8,16H;4*(H2,2,3,4). The van der Waals surface area contributed by atoms with Gasteiger partial charge in [-0.15, -0.1) is 12.6 Å². The highest BCUT2D eigenvalue weighted by Crippen LogP contribution is 2.37. The number of carboxylic acid groups (broad SMARTS) is 8. The molecule has 0 fully saturated rings. The summed E-state index contributed by atoms with van der Waals surface area (Å²) < 4.78 is 1.15. The van der Waals surface area contributed by atoms with Crippen LogP contribution in [0.1, 0.15) is 0 Å². The van der Waals surface area contributed by atoms with Gasteiger partial charge in [-0.2, -0.15) is 0 Å². The van der Waals surface area contributed by atoms with Crippen molar-refractivity contribution >= 4 is 74.7 Å². The summed E-state index contributed by atoms with van der Waals surface area (Å²) in [5.41, 5.74) is 0. The molecular weight excluding hydrogens is 520 g/mol. The van der Waals surface area contributed by atoms with Gasteiger partial charge in [0.2, 0.25) is 0 Å². The average molecular weight is 537 g/mol. The molecule has 0 aliphatic carbocycles. The minimum Gasteiger partial charge on any atom is -0.450 e. The normalized spacial score (nSPS) is 8.56. The second-order valence-corrected chi connectivity index (χ2v) is 6.12. The number of hydrogen-bond acceptors (Lipinski definition) is 5. The first-order chi connectivity index (χ1) is 14.7. The van der Waals surface area contributed by atoms with Crippen molar-refractivity contribution in [3.05, 3.63) is 53.0 Å². The van der Waals surface area contributed by atoms with Crippen molar-refractivity contribution in [1.29, 1.82) is 0 Å². The summed E-state index contributed by atoms with van der Waals surface area (Å²) >= 11 is 8.33. The molecular formula is C18H17BrO12S. The van der Waals surface area contributed by atoms with Crippen LogP contribution in [0.2, 0.25) is 0 Å². The van der Waals surface area contributed by atoms with Crippen molar-refractivity contribution in [2.45, 2.75) is 4.90 Å². The zero-order chi connectivity index (χ0) is 25.4. The maximum absolute atomic E-state index is 8.56. The monoisotopic (exact) mass is 536 g/mol. The van der Waals surface area contributed by atoms with Gasteiger partial charge < -0.3 is 40.9 Å². The Bertz CT molecular complexity index is 889. The Balaban J connectivity index is 0. The first kappa shape index (κ1) is 30.3. The zero-order valence-electron chi connectivity index (χ0n) is 15.7. The third kappa shape index (κ3) is 14.1. The highest BCUT2D eigenvalue weighted by Gasteiger charge is 2.08. The Kier molecular flexibility index (Phi) is 15.0. The molecule has 3 aromatic carbocycles. The van der Waals surface area contributed by atoms with E-state index >= 15 is 0 Å². The van der Waals surface area contributed by atoms with Gasteiger partial charge in [0.15, 0.2) is 0 Å². The van der Waals surface area contributed by atoms with Crippen LogP contribution in [-0.4, -0.2) is 65.5 Å². The number of rotatable bonds is 0. The highest BCUT2D eigenvalue weighted by atomic mass is 79.9. The van der Waals surface area contributed by atoms with Crippen LogP contribution in [0.5, 0.6) is 0 Å². The van der Waals surface area contributed by atoms with Crippen molar-refractivity contribution in [2.24, 2.45) is 0 Å². The number of benzene rings is 3. The third-order valence-corrected chi connectivity index (χ3v) is 4.17. The maximum Gasteiger partial charge on any atom is 0.503 e. The van der Waals surface area contributed by atoms with E-state index in [4.69, 9.17) is 60.0 Å². The first-order valence-electron chi connectivity index (χ1n) is 7.67. The fourth-order valence-corrected chi connectivity index (χ4v) is 3.13. The molecule has 0 unspecified atom stereocenters. The molecule has 3 rings (SSSR count). The van der Waals surface area contributed by atoms with Gasteiger partial charge >= 0.3 is 24.6 Å². The maximum atomic E-state index is 8.56. The van der Waals surface area contributed by atoms with Crippen LogP contribution in [0.25, 0.3) is 21.5 Å². The van der Waals surface area contributed by atoms with Crippen LogP contribution in [0.3, 0.4) is 0 Å². The van der Waals surface area contributed by atoms with E-state index in [0.717, 1.165) is 9.37 Å². The predicted molar refractivity (Wildman–Crippen MR) is 119 cm³/mol. The van der Waals surface area contributed by atoms with Gasteiger partial charge in [0, 0.05) is 9.37 Å². The molecule has 3 aromatic rings. The van der Waals surface area contributed by atoms with Crippen molar-refractivity contribution in [1.82, 2.24) is 0 Å². The SMILES string of the molecule is O=C(O)O.O=C(O)O.O=C(O)O.O=C(O)O.Sc1c2ccccc2c(Br)c2ccccc12. The largest absolute Gasteiger partial charge is 0.503 e. The topological polar surface area (TPSA) is 230 Å². The summed E-state index contributed by atoms with van der Waals surface area (Å²) in [5.74, 6) is 0. The molecule has 32 heavy (non-hydrogen) atoms. The lowest BCUT2D eigenvalue weighted by Crippen LogP contribution is -1.82. The number of thiol groups is 1. The van der Waals surface area contributed by atoms with Crippen molar-refractivity contribution in [3.63, 3.8) is 0 Å². The molecule has 0 amide bonds. The van der Waals surface area contributed by atoms with E-state index in [9.17, 15) is 0 Å². The summed E-state index contributed by atoms with van der Waals surface area (Å²) in [6.07, 6.45) is -7.33. The van der Waals surface area contributed by atoms with Gasteiger partial charge in [0.1, 0.15) is 0 Å². The summed E-state index contributed by atoms with van der Waals surface area (Å²) in [7, 11) is 0. The van der Waals surface area contributed by atoms with Crippen molar-refractivity contribution < 1.29 is 60.0 Å². The van der Waals surface area contributed by atoms with Crippen LogP contribution >= 0.6 is 28.6 Å². The lowest BCUT2D eigenvalue weighted by Gasteiger charge is -2.09. The molecule has 14 heteroatoms. The molecule has 0 atom stereocenters. The van der Waals surface area contributed by atoms with E-state index < -0.39 is 24.6 Å². The quantitative estimate of drug-likeness (QED) is 0.120. The molecule has 12 nitrogen and oxygen atoms in total. The molecule has 174 valence electrons. The van der Waals surface area contributed by atoms with Gasteiger partial charge in [0.25, 0.3) is 0 Å². The smallest absolute Gasteiger partial charge is 0.450 e. The Morgan fingerprint density at radius 2 is 0.719 bits per heavy atom. The second kappa shape index (κ2) is 15.9. The zero-order valence-corrected chi connectivity index (χ0v) is 18.1. The molecule has 0 aliphatic rings. The third-order valence-electron chi connectivity index (χ3n) is 2.84. The van der Waals surface area contributed by atoms with Crippen LogP contribution in [0, 0.1) is 0 Å². The lowest BCUT2D eigenvalue weighted by atomic mass is 10.0. The number of fused-ring (bicyclic) bond motifs is 2. The molecule has 0 spiro atoms. The second-order valence-electron chi connectivity index (χ2n) is 4.88. The minimum absolute atomic E-state index is 1.05. The Morgan fingerprint density at radius 3 is 0.938 bits per heavy atom. The highest BCUT2D eigenvalue weighted by molar-refractivity contribution is 9.10. The van der Waals surface area contributed by atoms with Gasteiger partial charge in [-0.25, -0.2) is 19.2 Å². The van der Waals surface area contributed by atoms with Crippen LogP contribution in [0.15, 0.2) is 57.9 Å². The number of halogens is 1. The Labute approximate surface area is 192 Å². The molecule has 0 aromatic heterocycles. The van der Waals surface area contributed by atoms with Crippen LogP contribution in [-0.2, 0) is 0 Å². The lowest BCUT2D eigenvalue weighted by molar-refractivity contribution is 0.135. The molecule has 8 N–H and O–H groups in total. The van der Waals surface area contributed by atoms with E-state index in [-0.39, 0.29) is 0 Å². The summed E-state index contributed by atoms with van der Waals surface area (Å²) in [6.45, 7) is 0. The van der Waals surface area contributed by atoms with Gasteiger partial charge in [0.05, 0.1) is 0 Å². The Hall–Kier alpha value is -3.91. The number of carbonyl (C=O) groups is 4.